The van der Waals surface area contributed by atoms with Crippen LogP contribution in [0, 0.1) is 17.8 Å². The molecule has 0 aromatic heterocycles. The fraction of sp³-hybridized carbons (Fsp3) is 0.370. The summed E-state index contributed by atoms with van der Waals surface area (Å²) in [7, 11) is 0. The van der Waals surface area contributed by atoms with Gasteiger partial charge in [0, 0.05) is 0 Å². The zero-order chi connectivity index (χ0) is 20.0. The third-order valence-corrected chi connectivity index (χ3v) is 17.3. The van der Waals surface area contributed by atoms with Crippen LogP contribution in [0.15, 0.2) is 69.5 Å². The molecule has 4 rings (SSSR count). The molecule has 30 heavy (non-hydrogen) atoms. The van der Waals surface area contributed by atoms with Crippen LogP contribution in [0.1, 0.15) is 56.3 Å². The normalized spacial score (nSPS) is 16.7. The smallest absolute Gasteiger partial charge is 1.00 e. The zero-order valence-corrected chi connectivity index (χ0v) is 22.8. The van der Waals surface area contributed by atoms with Crippen LogP contribution in [-0.2, 0) is 21.3 Å². The fourth-order valence-electron chi connectivity index (χ4n) is 5.52. The predicted octanol–water partition coefficient (Wildman–Crippen LogP) is 1.35. The van der Waals surface area contributed by atoms with Crippen LogP contribution in [0.25, 0.3) is 11.1 Å². The Balaban J connectivity index is 0.00000160. The average Bonchev–Trinajstić information content (AvgIpc) is 3.16. The van der Waals surface area contributed by atoms with Crippen molar-refractivity contribution in [3.8, 4) is 11.1 Å². The Bertz CT molecular complexity index is 956. The van der Waals surface area contributed by atoms with Crippen LogP contribution in [0.3, 0.4) is 0 Å². The second kappa shape index (κ2) is 10.2. The van der Waals surface area contributed by atoms with Crippen molar-refractivity contribution in [2.75, 3.05) is 0 Å². The number of allylic oxidation sites excluding steroid dienone is 4. The van der Waals surface area contributed by atoms with Gasteiger partial charge in [0.2, 0.25) is 0 Å². The van der Waals surface area contributed by atoms with Crippen LogP contribution >= 0.6 is 0 Å². The van der Waals surface area contributed by atoms with Gasteiger partial charge in [-0.3, -0.25) is 0 Å². The minimum absolute atomic E-state index is 0. The van der Waals surface area contributed by atoms with E-state index in [0.29, 0.717) is 21.4 Å². The van der Waals surface area contributed by atoms with Crippen molar-refractivity contribution in [1.82, 2.24) is 0 Å². The van der Waals surface area contributed by atoms with E-state index in [1.807, 2.05) is 6.49 Å². The first kappa shape index (κ1) is 25.5. The third kappa shape index (κ3) is 4.28. The number of rotatable bonds is 4. The molecule has 0 fully saturated rings. The first-order chi connectivity index (χ1) is 13.4. The van der Waals surface area contributed by atoms with Gasteiger partial charge in [-0.05, 0) is 0 Å². The van der Waals surface area contributed by atoms with Crippen LogP contribution in [0.2, 0.25) is 0 Å². The first-order valence-corrected chi connectivity index (χ1v) is 14.6. The Morgan fingerprint density at radius 2 is 1.27 bits per heavy atom. The van der Waals surface area contributed by atoms with Gasteiger partial charge < -0.3 is 24.8 Å². The van der Waals surface area contributed by atoms with Crippen molar-refractivity contribution in [3.05, 3.63) is 80.7 Å². The van der Waals surface area contributed by atoms with E-state index in [2.05, 4.69) is 102 Å². The van der Waals surface area contributed by atoms with Gasteiger partial charge in [-0.15, -0.1) is 0 Å². The van der Waals surface area contributed by atoms with Crippen LogP contribution in [0.5, 0.6) is 0 Å². The number of hydrogen-bond acceptors (Lipinski definition) is 0. The predicted molar refractivity (Wildman–Crippen MR) is 119 cm³/mol. The van der Waals surface area contributed by atoms with E-state index in [1.165, 1.54) is 11.1 Å². The Morgan fingerprint density at radius 3 is 1.67 bits per heavy atom. The summed E-state index contributed by atoms with van der Waals surface area (Å²) in [5, 5.41) is 0. The first-order valence-electron chi connectivity index (χ1n) is 10.7. The topological polar surface area (TPSA) is 0 Å². The maximum Gasteiger partial charge on any atom is -1.00 e. The molecule has 0 saturated heterocycles. The minimum Gasteiger partial charge on any atom is -1.00 e. The van der Waals surface area contributed by atoms with Crippen molar-refractivity contribution in [1.29, 1.82) is 0 Å². The molecule has 158 valence electrons. The molecule has 0 radical (unpaired) electrons. The molecule has 0 nitrogen and oxygen atoms in total. The molecule has 3 heteroatoms. The Kier molecular flexibility index (Phi) is 8.71. The second-order valence-electron chi connectivity index (χ2n) is 9.03. The van der Waals surface area contributed by atoms with Crippen molar-refractivity contribution in [2.24, 2.45) is 17.8 Å². The fourth-order valence-corrected chi connectivity index (χ4v) is 16.4. The van der Waals surface area contributed by atoms with E-state index >= 15 is 0 Å². The van der Waals surface area contributed by atoms with Gasteiger partial charge in [-0.25, -0.2) is 0 Å². The molecule has 0 bridgehead atoms. The summed E-state index contributed by atoms with van der Waals surface area (Å²) in [5.41, 5.74) is 7.70. The molecule has 2 aliphatic rings. The van der Waals surface area contributed by atoms with Crippen molar-refractivity contribution in [2.45, 2.75) is 45.2 Å². The van der Waals surface area contributed by atoms with Crippen molar-refractivity contribution < 1.29 is 46.1 Å². The largest absolute Gasteiger partial charge is 1.00 e. The monoisotopic (exact) mass is 516 g/mol. The molecule has 0 N–H and O–H groups in total. The molecule has 1 atom stereocenters. The standard InChI is InChI=1S/C13H9.C7H9.C7H14.2ClH.Zr/c1-3-7-12-10(5-1)9-11-6-2-4-8-13(11)12;1-6-3-4-7(2)5-6;1-6(2)5-7(3)4;;;/h1-9H;3-4,6H,1-2H3;6-7H,1-4H3;2*1H;/q;;;;;+2/p-2. The van der Waals surface area contributed by atoms with Gasteiger partial charge in [0.05, 0.1) is 0 Å². The summed E-state index contributed by atoms with van der Waals surface area (Å²) in [4.78, 5) is 0. The summed E-state index contributed by atoms with van der Waals surface area (Å²) in [6.07, 6.45) is 4.84. The summed E-state index contributed by atoms with van der Waals surface area (Å²) < 4.78 is 4.34. The van der Waals surface area contributed by atoms with Crippen LogP contribution in [-0.4, -0.2) is 3.21 Å². The summed E-state index contributed by atoms with van der Waals surface area (Å²) in [5.74, 6) is 1.91. The Labute approximate surface area is 202 Å². The molecular formula is C27H32Cl2Zr. The summed E-state index contributed by atoms with van der Waals surface area (Å²) >= 11 is -2.21. The van der Waals surface area contributed by atoms with Crippen LogP contribution in [0.4, 0.5) is 0 Å². The Morgan fingerprint density at radius 1 is 0.800 bits per heavy atom. The van der Waals surface area contributed by atoms with E-state index in [-0.39, 0.29) is 24.8 Å². The molecule has 2 aliphatic carbocycles. The molecule has 0 aliphatic heterocycles. The maximum atomic E-state index is 2.44. The molecule has 0 amide bonds. The SMILES string of the molecule is CC1=[C]([Zr+2](=[C](C(C)C)C(C)C)[CH]2c3ccccc3-c3ccccc32)C(C)C=C1.[Cl-].[Cl-]. The van der Waals surface area contributed by atoms with Gasteiger partial charge in [0.1, 0.15) is 0 Å². The van der Waals surface area contributed by atoms with Crippen molar-refractivity contribution >= 4 is 3.21 Å². The molecule has 1 unspecified atom stereocenters. The van der Waals surface area contributed by atoms with Crippen LogP contribution < -0.4 is 24.8 Å². The quantitative estimate of drug-likeness (QED) is 0.574. The third-order valence-electron chi connectivity index (χ3n) is 6.48. The van der Waals surface area contributed by atoms with Gasteiger partial charge in [-0.2, -0.15) is 0 Å². The molecule has 0 saturated carbocycles. The van der Waals surface area contributed by atoms with E-state index in [9.17, 15) is 0 Å². The van der Waals surface area contributed by atoms with E-state index in [0.717, 1.165) is 0 Å². The van der Waals surface area contributed by atoms with Crippen molar-refractivity contribution in [3.63, 3.8) is 0 Å². The average molecular weight is 519 g/mol. The Hall–Kier alpha value is -0.747. The maximum absolute atomic E-state index is 2.44. The minimum atomic E-state index is -2.21. The van der Waals surface area contributed by atoms with E-state index in [1.54, 1.807) is 16.7 Å². The molecule has 0 spiro atoms. The molecule has 2 aromatic carbocycles. The van der Waals surface area contributed by atoms with E-state index < -0.39 is 21.3 Å². The van der Waals surface area contributed by atoms with Gasteiger partial charge in [0.25, 0.3) is 0 Å². The van der Waals surface area contributed by atoms with Gasteiger partial charge >= 0.3 is 179 Å². The van der Waals surface area contributed by atoms with Gasteiger partial charge in [-0.1, -0.05) is 0 Å². The number of halogens is 2. The summed E-state index contributed by atoms with van der Waals surface area (Å²) in [6.45, 7) is 14.5. The molecule has 2 aromatic rings. The number of fused-ring (bicyclic) bond motifs is 3. The van der Waals surface area contributed by atoms with Gasteiger partial charge in [0.15, 0.2) is 0 Å². The number of hydrogen-bond donors (Lipinski definition) is 0. The second-order valence-corrected chi connectivity index (χ2v) is 15.2. The van der Waals surface area contributed by atoms with E-state index in [4.69, 9.17) is 0 Å². The number of benzene rings is 2. The zero-order valence-electron chi connectivity index (χ0n) is 18.8. The molecule has 0 heterocycles. The summed E-state index contributed by atoms with van der Waals surface area (Å²) in [6, 6.07) is 18.4. The molecular weight excluding hydrogens is 486 g/mol.